The fourth-order valence-electron chi connectivity index (χ4n) is 3.24. The van der Waals surface area contributed by atoms with E-state index in [9.17, 15) is 0 Å². The summed E-state index contributed by atoms with van der Waals surface area (Å²) in [5, 5.41) is 8.53. The van der Waals surface area contributed by atoms with E-state index in [4.69, 9.17) is 10.7 Å². The first kappa shape index (κ1) is 14.8. The smallest absolute Gasteiger partial charge is 0.132 e. The van der Waals surface area contributed by atoms with Crippen molar-refractivity contribution in [1.82, 2.24) is 24.5 Å². The molecule has 0 radical (unpaired) electrons. The number of hydrogen-bond donors (Lipinski definition) is 1. The molecule has 0 saturated carbocycles. The van der Waals surface area contributed by atoms with Gasteiger partial charge in [-0.05, 0) is 44.2 Å². The van der Waals surface area contributed by atoms with E-state index in [0.29, 0.717) is 13.1 Å². The van der Waals surface area contributed by atoms with Crippen LogP contribution in [0.5, 0.6) is 0 Å². The van der Waals surface area contributed by atoms with Crippen molar-refractivity contribution < 1.29 is 0 Å². The number of imidazole rings is 1. The zero-order chi connectivity index (χ0) is 16.5. The highest BCUT2D eigenvalue weighted by molar-refractivity contribution is 5.76. The molecule has 0 spiro atoms. The molecule has 0 aliphatic rings. The van der Waals surface area contributed by atoms with Crippen molar-refractivity contribution in [3.63, 3.8) is 0 Å². The maximum Gasteiger partial charge on any atom is 0.132 e. The van der Waals surface area contributed by atoms with Gasteiger partial charge in [-0.1, -0.05) is 29.5 Å². The first-order valence-electron chi connectivity index (χ1n) is 8.22. The van der Waals surface area contributed by atoms with E-state index in [2.05, 4.69) is 27.9 Å². The molecule has 2 aromatic heterocycles. The Hall–Kier alpha value is -2.73. The Morgan fingerprint density at radius 1 is 1.00 bits per heavy atom. The summed E-state index contributed by atoms with van der Waals surface area (Å²) in [5.74, 6) is 0.979. The predicted octanol–water partition coefficient (Wildman–Crippen LogP) is 2.74. The van der Waals surface area contributed by atoms with Crippen LogP contribution in [0.4, 0.5) is 0 Å². The number of fused-ring (bicyclic) bond motifs is 2. The number of nitrogens with two attached hydrogens (primary N) is 1. The first-order valence-corrected chi connectivity index (χ1v) is 8.22. The Morgan fingerprint density at radius 3 is 2.50 bits per heavy atom. The molecule has 0 bridgehead atoms. The van der Waals surface area contributed by atoms with Crippen LogP contribution in [0, 0.1) is 0 Å². The molecule has 4 aromatic rings. The number of hydrogen-bond acceptors (Lipinski definition) is 4. The Balaban J connectivity index is 1.82. The highest BCUT2D eigenvalue weighted by Crippen LogP contribution is 2.24. The van der Waals surface area contributed by atoms with Crippen molar-refractivity contribution in [2.45, 2.75) is 25.9 Å². The van der Waals surface area contributed by atoms with Crippen LogP contribution < -0.4 is 5.73 Å². The lowest BCUT2D eigenvalue weighted by Gasteiger charge is -2.17. The summed E-state index contributed by atoms with van der Waals surface area (Å²) in [6.45, 7) is 3.42. The Kier molecular flexibility index (Phi) is 3.74. The third kappa shape index (κ3) is 2.45. The standard InChI is InChI=1S/C18H20N6/c1-13(10-11-19)24-17-9-5-2-6-14(17)20-18(24)12-23-16-8-4-3-7-15(16)21-22-23/h2-9,13H,10-12,19H2,1H3. The van der Waals surface area contributed by atoms with Crippen LogP contribution in [0.1, 0.15) is 25.2 Å². The Morgan fingerprint density at radius 2 is 1.71 bits per heavy atom. The van der Waals surface area contributed by atoms with Gasteiger partial charge in [0, 0.05) is 6.04 Å². The largest absolute Gasteiger partial charge is 0.330 e. The molecule has 0 fully saturated rings. The molecule has 122 valence electrons. The number of rotatable bonds is 5. The van der Waals surface area contributed by atoms with E-state index < -0.39 is 0 Å². The normalized spacial score (nSPS) is 12.9. The second-order valence-electron chi connectivity index (χ2n) is 6.05. The number of aromatic nitrogens is 5. The molecule has 0 amide bonds. The van der Waals surface area contributed by atoms with E-state index in [0.717, 1.165) is 34.3 Å². The molecule has 2 heterocycles. The van der Waals surface area contributed by atoms with Gasteiger partial charge < -0.3 is 10.3 Å². The van der Waals surface area contributed by atoms with Crippen molar-refractivity contribution in [3.05, 3.63) is 54.4 Å². The SMILES string of the molecule is CC(CCN)n1c(Cn2nnc3ccccc32)nc2ccccc21. The van der Waals surface area contributed by atoms with Gasteiger partial charge in [-0.25, -0.2) is 9.67 Å². The lowest BCUT2D eigenvalue weighted by atomic mass is 10.2. The third-order valence-corrected chi connectivity index (χ3v) is 4.41. The van der Waals surface area contributed by atoms with Crippen LogP contribution in [0.3, 0.4) is 0 Å². The number of nitrogens with zero attached hydrogens (tertiary/aromatic N) is 5. The van der Waals surface area contributed by atoms with E-state index in [-0.39, 0.29) is 6.04 Å². The topological polar surface area (TPSA) is 74.5 Å². The van der Waals surface area contributed by atoms with Gasteiger partial charge in [0.2, 0.25) is 0 Å². The molecule has 6 nitrogen and oxygen atoms in total. The lowest BCUT2D eigenvalue weighted by molar-refractivity contribution is 0.492. The van der Waals surface area contributed by atoms with Gasteiger partial charge in [0.05, 0.1) is 16.6 Å². The van der Waals surface area contributed by atoms with Crippen molar-refractivity contribution in [3.8, 4) is 0 Å². The molecule has 1 atom stereocenters. The van der Waals surface area contributed by atoms with Crippen LogP contribution in [0.15, 0.2) is 48.5 Å². The molecule has 2 aromatic carbocycles. The third-order valence-electron chi connectivity index (χ3n) is 4.41. The van der Waals surface area contributed by atoms with Gasteiger partial charge in [0.25, 0.3) is 0 Å². The lowest BCUT2D eigenvalue weighted by Crippen LogP contribution is -2.16. The molecule has 4 rings (SSSR count). The minimum absolute atomic E-state index is 0.284. The Bertz CT molecular complexity index is 983. The van der Waals surface area contributed by atoms with E-state index in [1.54, 1.807) is 0 Å². The summed E-state index contributed by atoms with van der Waals surface area (Å²) >= 11 is 0. The molecule has 0 aliphatic heterocycles. The maximum absolute atomic E-state index is 5.78. The van der Waals surface area contributed by atoms with Crippen LogP contribution in [-0.4, -0.2) is 31.1 Å². The van der Waals surface area contributed by atoms with Crippen molar-refractivity contribution in [2.24, 2.45) is 5.73 Å². The minimum Gasteiger partial charge on any atom is -0.330 e. The molecule has 6 heteroatoms. The van der Waals surface area contributed by atoms with Gasteiger partial charge in [0.1, 0.15) is 17.9 Å². The minimum atomic E-state index is 0.284. The average Bonchev–Trinajstić information content (AvgIpc) is 3.17. The molecule has 0 aliphatic carbocycles. The predicted molar refractivity (Wildman–Crippen MR) is 94.7 cm³/mol. The van der Waals surface area contributed by atoms with Crippen LogP contribution >= 0.6 is 0 Å². The number of benzene rings is 2. The van der Waals surface area contributed by atoms with Gasteiger partial charge >= 0.3 is 0 Å². The van der Waals surface area contributed by atoms with E-state index >= 15 is 0 Å². The molecule has 24 heavy (non-hydrogen) atoms. The molecule has 2 N–H and O–H groups in total. The fourth-order valence-corrected chi connectivity index (χ4v) is 3.24. The summed E-state index contributed by atoms with van der Waals surface area (Å²) < 4.78 is 4.18. The fraction of sp³-hybridized carbons (Fsp3) is 0.278. The van der Waals surface area contributed by atoms with Gasteiger partial charge in [-0.2, -0.15) is 0 Å². The highest BCUT2D eigenvalue weighted by Gasteiger charge is 2.16. The summed E-state index contributed by atoms with van der Waals surface area (Å²) in [7, 11) is 0. The maximum atomic E-state index is 5.78. The monoisotopic (exact) mass is 320 g/mol. The summed E-state index contributed by atoms with van der Waals surface area (Å²) in [6, 6.07) is 16.5. The van der Waals surface area contributed by atoms with Gasteiger partial charge in [0.15, 0.2) is 0 Å². The summed E-state index contributed by atoms with van der Waals surface area (Å²) in [5.41, 5.74) is 9.83. The summed E-state index contributed by atoms with van der Waals surface area (Å²) in [4.78, 5) is 4.83. The molecular formula is C18H20N6. The van der Waals surface area contributed by atoms with Crippen LogP contribution in [-0.2, 0) is 6.54 Å². The van der Waals surface area contributed by atoms with Crippen LogP contribution in [0.2, 0.25) is 0 Å². The van der Waals surface area contributed by atoms with Gasteiger partial charge in [-0.3, -0.25) is 0 Å². The van der Waals surface area contributed by atoms with Crippen molar-refractivity contribution in [1.29, 1.82) is 0 Å². The second kappa shape index (κ2) is 6.05. The molecular weight excluding hydrogens is 300 g/mol. The van der Waals surface area contributed by atoms with Crippen molar-refractivity contribution in [2.75, 3.05) is 6.54 Å². The average molecular weight is 320 g/mol. The second-order valence-corrected chi connectivity index (χ2v) is 6.05. The van der Waals surface area contributed by atoms with E-state index in [1.165, 1.54) is 0 Å². The van der Waals surface area contributed by atoms with Crippen molar-refractivity contribution >= 4 is 22.1 Å². The summed E-state index contributed by atoms with van der Waals surface area (Å²) in [6.07, 6.45) is 0.908. The van der Waals surface area contributed by atoms with E-state index in [1.807, 2.05) is 47.1 Å². The molecule has 0 saturated heterocycles. The first-order chi connectivity index (χ1) is 11.8. The zero-order valence-corrected chi connectivity index (χ0v) is 13.6. The highest BCUT2D eigenvalue weighted by atomic mass is 15.4. The molecule has 1 unspecified atom stereocenters. The van der Waals surface area contributed by atoms with Crippen LogP contribution in [0.25, 0.3) is 22.1 Å². The zero-order valence-electron chi connectivity index (χ0n) is 13.6. The van der Waals surface area contributed by atoms with Gasteiger partial charge in [-0.15, -0.1) is 5.10 Å². The quantitative estimate of drug-likeness (QED) is 0.613. The Labute approximate surface area is 139 Å². The number of para-hydroxylation sites is 3.